The number of para-hydroxylation sites is 1. The molecule has 3 aliphatic heterocycles. The summed E-state index contributed by atoms with van der Waals surface area (Å²) in [6.45, 7) is 7.59. The van der Waals surface area contributed by atoms with Crippen LogP contribution in [0.2, 0.25) is 0 Å². The fourth-order valence-electron chi connectivity index (χ4n) is 7.81. The number of hydrogen-bond acceptors (Lipinski definition) is 2. The predicted molar refractivity (Wildman–Crippen MR) is 157 cm³/mol. The lowest BCUT2D eigenvalue weighted by atomic mass is 9.71. The monoisotopic (exact) mass is 499 g/mol. The highest BCUT2D eigenvalue weighted by Crippen LogP contribution is 2.49. The second-order valence-corrected chi connectivity index (χ2v) is 11.4. The van der Waals surface area contributed by atoms with Gasteiger partial charge >= 0.3 is 0 Å². The van der Waals surface area contributed by atoms with E-state index in [1.165, 1.54) is 51.0 Å². The third-order valence-electron chi connectivity index (χ3n) is 9.62. The molecule has 4 aromatic carbocycles. The minimum atomic E-state index is 0.0118. The van der Waals surface area contributed by atoms with E-state index in [1.807, 2.05) is 13.3 Å². The number of fused-ring (bicyclic) bond motifs is 6. The Morgan fingerprint density at radius 1 is 0.947 bits per heavy atom. The Kier molecular flexibility index (Phi) is 5.79. The van der Waals surface area contributed by atoms with E-state index in [2.05, 4.69) is 103 Å². The third kappa shape index (κ3) is 3.68. The van der Waals surface area contributed by atoms with Crippen LogP contribution in [-0.2, 0) is 11.3 Å². The Balaban J connectivity index is 1.41. The Morgan fingerprint density at radius 2 is 1.63 bits per heavy atom. The van der Waals surface area contributed by atoms with Crippen LogP contribution in [-0.4, -0.2) is 35.7 Å². The Hall–Kier alpha value is -3.53. The van der Waals surface area contributed by atoms with Gasteiger partial charge in [0.05, 0.1) is 18.6 Å². The van der Waals surface area contributed by atoms with Gasteiger partial charge in [-0.1, -0.05) is 72.8 Å². The van der Waals surface area contributed by atoms with Crippen molar-refractivity contribution < 1.29 is 9.22 Å². The molecule has 0 amide bonds. The number of rotatable bonds is 6. The summed E-state index contributed by atoms with van der Waals surface area (Å²) in [7, 11) is 1.90. The van der Waals surface area contributed by atoms with Crippen LogP contribution in [0.4, 0.5) is 0 Å². The standard InChI is InChI=1S/C35H35N2O/c1-3-24-22-37(23-32-28-12-6-4-10-26(28)20-27-11-5-7-13-29(27)32)19-17-25(24)21-34(37)35(38-2)31-16-18-36-33-15-9-8-14-30(31)33/h3-16,18,20,24-25,34-35H,1,17,19,21-23H2,2H3/q+1/t24-,25-,34+,35+,37-/m0/s1. The topological polar surface area (TPSA) is 22.1 Å². The number of nitrogens with zero attached hydrogens (tertiary/aromatic N) is 2. The molecular formula is C35H35N2O+. The SMILES string of the molecule is C=C[C@H]1C[N@+]2(Cc3c4ccccc4cc4ccccc34)CC[C@H]1C[C@@H]2[C@H](OC)c1ccnc2ccccc12. The molecule has 0 radical (unpaired) electrons. The molecule has 0 N–H and O–H groups in total. The van der Waals surface area contributed by atoms with E-state index >= 15 is 0 Å². The van der Waals surface area contributed by atoms with Gasteiger partial charge in [0.2, 0.25) is 0 Å². The molecule has 0 spiro atoms. The van der Waals surface area contributed by atoms with Crippen LogP contribution in [0.3, 0.4) is 0 Å². The molecule has 2 bridgehead atoms. The molecule has 0 aliphatic carbocycles. The van der Waals surface area contributed by atoms with Crippen molar-refractivity contribution in [3.8, 4) is 0 Å². The molecule has 3 nitrogen and oxygen atoms in total. The molecule has 5 atom stereocenters. The summed E-state index contributed by atoms with van der Waals surface area (Å²) < 4.78 is 7.52. The third-order valence-corrected chi connectivity index (χ3v) is 9.62. The zero-order valence-electron chi connectivity index (χ0n) is 22.1. The van der Waals surface area contributed by atoms with Gasteiger partial charge in [-0.15, -0.1) is 6.58 Å². The largest absolute Gasteiger partial charge is 0.370 e. The molecule has 38 heavy (non-hydrogen) atoms. The van der Waals surface area contributed by atoms with Gasteiger partial charge in [-0.05, 0) is 51.2 Å². The summed E-state index contributed by atoms with van der Waals surface area (Å²) in [5.41, 5.74) is 3.78. The molecule has 8 rings (SSSR count). The highest BCUT2D eigenvalue weighted by atomic mass is 16.5. The molecule has 3 fully saturated rings. The minimum absolute atomic E-state index is 0.0118. The van der Waals surface area contributed by atoms with Crippen molar-refractivity contribution >= 4 is 32.4 Å². The van der Waals surface area contributed by atoms with Crippen LogP contribution in [0, 0.1) is 11.8 Å². The van der Waals surface area contributed by atoms with Gasteiger partial charge in [-0.25, -0.2) is 0 Å². The van der Waals surface area contributed by atoms with Crippen LogP contribution in [0.25, 0.3) is 32.4 Å². The lowest BCUT2D eigenvalue weighted by Gasteiger charge is -2.58. The van der Waals surface area contributed by atoms with Crippen molar-refractivity contribution in [3.05, 3.63) is 115 Å². The Labute approximate surface area is 225 Å². The Morgan fingerprint density at radius 3 is 2.34 bits per heavy atom. The smallest absolute Gasteiger partial charge is 0.135 e. The van der Waals surface area contributed by atoms with Crippen LogP contribution < -0.4 is 0 Å². The normalized spacial score (nSPS) is 25.7. The second kappa shape index (κ2) is 9.34. The Bertz CT molecular complexity index is 1600. The van der Waals surface area contributed by atoms with Gasteiger partial charge < -0.3 is 9.22 Å². The molecule has 4 heterocycles. The molecule has 1 aromatic heterocycles. The van der Waals surface area contributed by atoms with Crippen molar-refractivity contribution in [2.75, 3.05) is 20.2 Å². The van der Waals surface area contributed by atoms with Gasteiger partial charge in [-0.2, -0.15) is 0 Å². The maximum Gasteiger partial charge on any atom is 0.135 e. The first-order valence-electron chi connectivity index (χ1n) is 13.9. The van der Waals surface area contributed by atoms with Crippen molar-refractivity contribution in [1.29, 1.82) is 0 Å². The number of aromatic nitrogens is 1. The molecule has 3 heteroatoms. The van der Waals surface area contributed by atoms with Gasteiger partial charge in [0.25, 0.3) is 0 Å². The highest BCUT2D eigenvalue weighted by molar-refractivity contribution is 6.02. The maximum absolute atomic E-state index is 6.47. The van der Waals surface area contributed by atoms with E-state index in [0.29, 0.717) is 17.9 Å². The quantitative estimate of drug-likeness (QED) is 0.135. The number of ether oxygens (including phenoxy) is 1. The van der Waals surface area contributed by atoms with Gasteiger partial charge in [0.15, 0.2) is 0 Å². The number of benzene rings is 4. The molecule has 5 aromatic rings. The number of pyridine rings is 1. The average Bonchev–Trinajstić information content (AvgIpc) is 2.98. The first-order valence-corrected chi connectivity index (χ1v) is 13.9. The van der Waals surface area contributed by atoms with Gasteiger partial charge in [-0.3, -0.25) is 4.98 Å². The first-order chi connectivity index (χ1) is 18.7. The maximum atomic E-state index is 6.47. The van der Waals surface area contributed by atoms with E-state index in [-0.39, 0.29) is 6.10 Å². The first kappa shape index (κ1) is 23.6. The molecule has 3 saturated heterocycles. The summed E-state index contributed by atoms with van der Waals surface area (Å²) in [5, 5.41) is 6.61. The lowest BCUT2D eigenvalue weighted by Crippen LogP contribution is -2.67. The second-order valence-electron chi connectivity index (χ2n) is 11.4. The van der Waals surface area contributed by atoms with Crippen LogP contribution in [0.5, 0.6) is 0 Å². The van der Waals surface area contributed by atoms with Crippen molar-refractivity contribution in [3.63, 3.8) is 0 Å². The summed E-state index contributed by atoms with van der Waals surface area (Å²) >= 11 is 0. The van der Waals surface area contributed by atoms with E-state index < -0.39 is 0 Å². The number of hydrogen-bond donors (Lipinski definition) is 0. The molecule has 3 aliphatic rings. The fourth-order valence-corrected chi connectivity index (χ4v) is 7.81. The summed E-state index contributed by atoms with van der Waals surface area (Å²) in [6.07, 6.45) is 6.61. The number of quaternary nitrogens is 1. The zero-order valence-corrected chi connectivity index (χ0v) is 22.1. The zero-order chi connectivity index (χ0) is 25.7. The average molecular weight is 500 g/mol. The number of methoxy groups -OCH3 is 1. The fraction of sp³-hybridized carbons (Fsp3) is 0.286. The van der Waals surface area contributed by atoms with Crippen LogP contribution in [0.1, 0.15) is 30.1 Å². The highest BCUT2D eigenvalue weighted by Gasteiger charge is 2.54. The minimum Gasteiger partial charge on any atom is -0.370 e. The van der Waals surface area contributed by atoms with Crippen molar-refractivity contribution in [1.82, 2.24) is 4.98 Å². The summed E-state index contributed by atoms with van der Waals surface area (Å²) in [5.74, 6) is 1.22. The molecule has 190 valence electrons. The van der Waals surface area contributed by atoms with E-state index in [1.54, 1.807) is 0 Å². The lowest BCUT2D eigenvalue weighted by molar-refractivity contribution is -0.984. The molecule has 0 unspecified atom stereocenters. The predicted octanol–water partition coefficient (Wildman–Crippen LogP) is 7.84. The summed E-state index contributed by atoms with van der Waals surface area (Å²) in [6, 6.07) is 31.3. The van der Waals surface area contributed by atoms with Crippen LogP contribution in [0.15, 0.2) is 104 Å². The van der Waals surface area contributed by atoms with Crippen molar-refractivity contribution in [2.24, 2.45) is 11.8 Å². The number of piperidine rings is 3. The molecule has 0 saturated carbocycles. The van der Waals surface area contributed by atoms with E-state index in [0.717, 1.165) is 29.5 Å². The van der Waals surface area contributed by atoms with E-state index in [4.69, 9.17) is 4.74 Å². The summed E-state index contributed by atoms with van der Waals surface area (Å²) in [4.78, 5) is 4.66. The van der Waals surface area contributed by atoms with Crippen molar-refractivity contribution in [2.45, 2.75) is 31.5 Å². The van der Waals surface area contributed by atoms with E-state index in [9.17, 15) is 0 Å². The van der Waals surface area contributed by atoms with Gasteiger partial charge in [0.1, 0.15) is 18.7 Å². The van der Waals surface area contributed by atoms with Crippen LogP contribution >= 0.6 is 0 Å². The molecular weight excluding hydrogens is 464 g/mol. The van der Waals surface area contributed by atoms with Gasteiger partial charge in [0, 0.05) is 43.0 Å².